The van der Waals surface area contributed by atoms with Gasteiger partial charge in [0.1, 0.15) is 6.04 Å². The van der Waals surface area contributed by atoms with Gasteiger partial charge in [-0.3, -0.25) is 5.32 Å². The van der Waals surface area contributed by atoms with E-state index in [1.807, 2.05) is 61.5 Å². The fourth-order valence-electron chi connectivity index (χ4n) is 2.90. The summed E-state index contributed by atoms with van der Waals surface area (Å²) in [5, 5.41) is 13.2. The number of nitrogens with one attached hydrogen (secondary N) is 1. The average Bonchev–Trinajstić information content (AvgIpc) is 2.64. The Morgan fingerprint density at radius 2 is 1.29 bits per heavy atom. The van der Waals surface area contributed by atoms with Crippen LogP contribution in [0.5, 0.6) is 0 Å². The van der Waals surface area contributed by atoms with Crippen molar-refractivity contribution in [2.45, 2.75) is 19.0 Å². The van der Waals surface area contributed by atoms with Crippen molar-refractivity contribution in [3.8, 4) is 6.07 Å². The van der Waals surface area contributed by atoms with Gasteiger partial charge in [0.2, 0.25) is 0 Å². The molecule has 0 saturated heterocycles. The summed E-state index contributed by atoms with van der Waals surface area (Å²) in [5.74, 6) is 0. The Morgan fingerprint density at radius 3 is 1.79 bits per heavy atom. The van der Waals surface area contributed by atoms with E-state index in [1.54, 1.807) is 0 Å². The maximum atomic E-state index is 9.70. The summed E-state index contributed by atoms with van der Waals surface area (Å²) < 4.78 is 0. The lowest BCUT2D eigenvalue weighted by Crippen LogP contribution is -2.26. The number of nitriles is 1. The molecule has 0 aromatic heterocycles. The minimum Gasteiger partial charge on any atom is -0.287 e. The minimum atomic E-state index is -0.365. The summed E-state index contributed by atoms with van der Waals surface area (Å²) in [5.41, 5.74) is 4.45. The Morgan fingerprint density at radius 1 is 0.750 bits per heavy atom. The Kier molecular flexibility index (Phi) is 5.05. The fourth-order valence-corrected chi connectivity index (χ4v) is 2.90. The summed E-state index contributed by atoms with van der Waals surface area (Å²) >= 11 is 0. The number of hydrogen-bond acceptors (Lipinski definition) is 2. The maximum absolute atomic E-state index is 9.70. The third-order valence-electron chi connectivity index (χ3n) is 4.10. The molecule has 24 heavy (non-hydrogen) atoms. The van der Waals surface area contributed by atoms with E-state index in [-0.39, 0.29) is 12.1 Å². The molecule has 1 atom stereocenters. The first-order valence-corrected chi connectivity index (χ1v) is 8.10. The third-order valence-corrected chi connectivity index (χ3v) is 4.10. The van der Waals surface area contributed by atoms with Gasteiger partial charge in [-0.2, -0.15) is 5.26 Å². The molecule has 0 aliphatic heterocycles. The van der Waals surface area contributed by atoms with Crippen molar-refractivity contribution in [3.05, 3.63) is 107 Å². The molecule has 0 radical (unpaired) electrons. The van der Waals surface area contributed by atoms with Crippen molar-refractivity contribution in [2.24, 2.45) is 0 Å². The Balaban J connectivity index is 1.96. The molecule has 0 aliphatic rings. The second-order valence-corrected chi connectivity index (χ2v) is 5.90. The summed E-state index contributed by atoms with van der Waals surface area (Å²) in [6.45, 7) is 2.05. The Bertz CT molecular complexity index is 780. The monoisotopic (exact) mass is 312 g/mol. The van der Waals surface area contributed by atoms with E-state index in [0.717, 1.165) is 22.3 Å². The second kappa shape index (κ2) is 7.59. The van der Waals surface area contributed by atoms with E-state index < -0.39 is 0 Å². The summed E-state index contributed by atoms with van der Waals surface area (Å²) in [6.07, 6.45) is 0. The summed E-state index contributed by atoms with van der Waals surface area (Å²) in [7, 11) is 0. The van der Waals surface area contributed by atoms with Crippen LogP contribution in [0.25, 0.3) is 0 Å². The van der Waals surface area contributed by atoms with Gasteiger partial charge in [-0.05, 0) is 23.6 Å². The van der Waals surface area contributed by atoms with Gasteiger partial charge in [-0.25, -0.2) is 0 Å². The molecule has 0 fully saturated rings. The van der Waals surface area contributed by atoms with Crippen molar-refractivity contribution in [1.29, 1.82) is 5.26 Å². The van der Waals surface area contributed by atoms with Crippen LogP contribution in [-0.4, -0.2) is 0 Å². The van der Waals surface area contributed by atoms with Crippen molar-refractivity contribution >= 4 is 0 Å². The maximum Gasteiger partial charge on any atom is 0.122 e. The summed E-state index contributed by atoms with van der Waals surface area (Å²) in [6, 6.07) is 30.6. The number of rotatable bonds is 5. The third kappa shape index (κ3) is 3.71. The van der Waals surface area contributed by atoms with Crippen molar-refractivity contribution in [1.82, 2.24) is 5.32 Å². The van der Waals surface area contributed by atoms with Gasteiger partial charge in [0.25, 0.3) is 0 Å². The van der Waals surface area contributed by atoms with Crippen LogP contribution in [0.2, 0.25) is 0 Å². The molecule has 2 nitrogen and oxygen atoms in total. The molecule has 3 aromatic carbocycles. The van der Waals surface area contributed by atoms with E-state index in [9.17, 15) is 5.26 Å². The topological polar surface area (TPSA) is 35.8 Å². The number of hydrogen-bond donors (Lipinski definition) is 1. The van der Waals surface area contributed by atoms with Crippen LogP contribution in [0.15, 0.2) is 84.9 Å². The van der Waals surface area contributed by atoms with E-state index in [4.69, 9.17) is 0 Å². The SMILES string of the molecule is Cc1cccc(C(C#N)NC(c2ccccc2)c2ccccc2)c1. The molecular weight excluding hydrogens is 292 g/mol. The first kappa shape index (κ1) is 16.0. The predicted octanol–water partition coefficient (Wildman–Crippen LogP) is 4.94. The molecule has 1 N–H and O–H groups in total. The van der Waals surface area contributed by atoms with Crippen molar-refractivity contribution < 1.29 is 0 Å². The zero-order chi connectivity index (χ0) is 16.8. The molecule has 0 heterocycles. The normalized spacial score (nSPS) is 11.9. The number of benzene rings is 3. The lowest BCUT2D eigenvalue weighted by molar-refractivity contribution is 0.559. The summed E-state index contributed by atoms with van der Waals surface area (Å²) in [4.78, 5) is 0. The second-order valence-electron chi connectivity index (χ2n) is 5.90. The average molecular weight is 312 g/mol. The van der Waals surface area contributed by atoms with Crippen LogP contribution < -0.4 is 5.32 Å². The lowest BCUT2D eigenvalue weighted by atomic mass is 9.96. The quantitative estimate of drug-likeness (QED) is 0.724. The predicted molar refractivity (Wildman–Crippen MR) is 97.4 cm³/mol. The molecule has 2 heteroatoms. The molecule has 0 bridgehead atoms. The highest BCUT2D eigenvalue weighted by Crippen LogP contribution is 2.26. The lowest BCUT2D eigenvalue weighted by Gasteiger charge is -2.23. The van der Waals surface area contributed by atoms with Crippen LogP contribution in [-0.2, 0) is 0 Å². The molecule has 0 amide bonds. The van der Waals surface area contributed by atoms with Gasteiger partial charge in [0.15, 0.2) is 0 Å². The molecular formula is C22H20N2. The van der Waals surface area contributed by atoms with Crippen LogP contribution in [0.3, 0.4) is 0 Å². The van der Waals surface area contributed by atoms with Crippen LogP contribution in [0, 0.1) is 18.3 Å². The van der Waals surface area contributed by atoms with Gasteiger partial charge < -0.3 is 0 Å². The Hall–Kier alpha value is -2.89. The van der Waals surface area contributed by atoms with E-state index in [0.29, 0.717) is 0 Å². The largest absolute Gasteiger partial charge is 0.287 e. The molecule has 118 valence electrons. The molecule has 1 unspecified atom stereocenters. The molecule has 3 aromatic rings. The standard InChI is InChI=1S/C22H20N2/c1-17-9-8-14-20(15-17)21(16-23)24-22(18-10-4-2-5-11-18)19-12-6-3-7-13-19/h2-15,21-22,24H,1H3. The first-order valence-electron chi connectivity index (χ1n) is 8.10. The molecule has 0 spiro atoms. The van der Waals surface area contributed by atoms with E-state index >= 15 is 0 Å². The van der Waals surface area contributed by atoms with Gasteiger partial charge in [-0.1, -0.05) is 90.5 Å². The number of nitrogens with zero attached hydrogens (tertiary/aromatic N) is 1. The molecule has 3 rings (SSSR count). The molecule has 0 saturated carbocycles. The highest BCUT2D eigenvalue weighted by atomic mass is 15.0. The van der Waals surface area contributed by atoms with Crippen LogP contribution >= 0.6 is 0 Å². The highest BCUT2D eigenvalue weighted by molar-refractivity contribution is 5.34. The van der Waals surface area contributed by atoms with Crippen LogP contribution in [0.1, 0.15) is 34.3 Å². The number of aryl methyl sites for hydroxylation is 1. The van der Waals surface area contributed by atoms with Gasteiger partial charge in [0, 0.05) is 0 Å². The Labute approximate surface area is 143 Å². The van der Waals surface area contributed by atoms with E-state index in [1.165, 1.54) is 0 Å². The molecule has 0 aliphatic carbocycles. The zero-order valence-corrected chi connectivity index (χ0v) is 13.7. The van der Waals surface area contributed by atoms with Gasteiger partial charge in [-0.15, -0.1) is 0 Å². The van der Waals surface area contributed by atoms with Gasteiger partial charge in [0.05, 0.1) is 12.1 Å². The first-order chi connectivity index (χ1) is 11.8. The smallest absolute Gasteiger partial charge is 0.122 e. The van der Waals surface area contributed by atoms with Crippen LogP contribution in [0.4, 0.5) is 0 Å². The zero-order valence-electron chi connectivity index (χ0n) is 13.7. The minimum absolute atomic E-state index is 0.0300. The highest BCUT2D eigenvalue weighted by Gasteiger charge is 2.19. The van der Waals surface area contributed by atoms with Crippen molar-refractivity contribution in [3.63, 3.8) is 0 Å². The fraction of sp³-hybridized carbons (Fsp3) is 0.136. The van der Waals surface area contributed by atoms with E-state index in [2.05, 4.69) is 41.7 Å². The van der Waals surface area contributed by atoms with Gasteiger partial charge >= 0.3 is 0 Å². The van der Waals surface area contributed by atoms with Crippen molar-refractivity contribution in [2.75, 3.05) is 0 Å².